The van der Waals surface area contributed by atoms with Crippen molar-refractivity contribution in [2.75, 3.05) is 0 Å². The SMILES string of the molecule is C=CC[As]1(C)c2ccccc2Oc2ccccc21. The fourth-order valence-electron chi connectivity index (χ4n) is 2.61. The molecule has 1 nitrogen and oxygen atoms in total. The van der Waals surface area contributed by atoms with Crippen molar-refractivity contribution in [2.24, 2.45) is 0 Å². The third kappa shape index (κ3) is 1.62. The van der Waals surface area contributed by atoms with E-state index in [0.717, 1.165) is 16.7 Å². The van der Waals surface area contributed by atoms with E-state index in [9.17, 15) is 0 Å². The van der Waals surface area contributed by atoms with Gasteiger partial charge in [-0.05, 0) is 0 Å². The number of ether oxygens (including phenoxy) is 1. The number of para-hydroxylation sites is 2. The van der Waals surface area contributed by atoms with Crippen molar-refractivity contribution in [1.82, 2.24) is 0 Å². The van der Waals surface area contributed by atoms with Gasteiger partial charge in [0.25, 0.3) is 0 Å². The van der Waals surface area contributed by atoms with Crippen LogP contribution in [0.15, 0.2) is 61.2 Å². The maximum absolute atomic E-state index is 6.03. The normalized spacial score (nSPS) is 15.2. The summed E-state index contributed by atoms with van der Waals surface area (Å²) in [5, 5.41) is 1.08. The summed E-state index contributed by atoms with van der Waals surface area (Å²) in [7, 11) is 0. The molecule has 1 aliphatic heterocycles. The molecule has 91 valence electrons. The number of rotatable bonds is 2. The number of hydrogen-bond donors (Lipinski definition) is 0. The molecule has 0 saturated carbocycles. The van der Waals surface area contributed by atoms with Crippen molar-refractivity contribution in [3.63, 3.8) is 0 Å². The molecule has 1 heterocycles. The van der Waals surface area contributed by atoms with Crippen LogP contribution in [0, 0.1) is 0 Å². The first-order valence-corrected chi connectivity index (χ1v) is 11.2. The molecule has 0 fully saturated rings. The fraction of sp³-hybridized carbons (Fsp3) is 0.125. The summed E-state index contributed by atoms with van der Waals surface area (Å²) in [6.07, 6.45) is 2.06. The van der Waals surface area contributed by atoms with Crippen LogP contribution < -0.4 is 13.4 Å². The Morgan fingerprint density at radius 3 is 2.00 bits per heavy atom. The van der Waals surface area contributed by atoms with E-state index in [0.29, 0.717) is 0 Å². The summed E-state index contributed by atoms with van der Waals surface area (Å²) >= 11 is -2.12. The molecule has 18 heavy (non-hydrogen) atoms. The molecular weight excluding hydrogens is 283 g/mol. The third-order valence-electron chi connectivity index (χ3n) is 3.51. The second-order valence-corrected chi connectivity index (χ2v) is 12.5. The second kappa shape index (κ2) is 4.33. The molecule has 0 aromatic heterocycles. The Labute approximate surface area is 111 Å². The van der Waals surface area contributed by atoms with Crippen LogP contribution in [-0.4, -0.2) is 13.6 Å². The monoisotopic (exact) mass is 299 g/mol. The van der Waals surface area contributed by atoms with Crippen molar-refractivity contribution in [3.8, 4) is 11.5 Å². The second-order valence-electron chi connectivity index (χ2n) is 4.70. The molecule has 0 bridgehead atoms. The molecule has 0 atom stereocenters. The Hall–Kier alpha value is -1.46. The number of hydrogen-bond acceptors (Lipinski definition) is 1. The van der Waals surface area contributed by atoms with Crippen molar-refractivity contribution in [2.45, 2.75) is 10.9 Å². The standard InChI is InChI=1S/C16H16AsO/c1-3-12-17(2)13-8-4-6-10-15(13)18-16-11-7-5-9-14(16)17/h3-11H,1,12H2,2H3. The van der Waals surface area contributed by atoms with E-state index >= 15 is 0 Å². The molecule has 2 aromatic rings. The summed E-state index contributed by atoms with van der Waals surface area (Å²) in [5.74, 6) is 2.07. The minimum absolute atomic E-state index is 1.04. The zero-order chi connectivity index (χ0) is 12.6. The zero-order valence-electron chi connectivity index (χ0n) is 10.5. The molecule has 2 aromatic carbocycles. The van der Waals surface area contributed by atoms with Gasteiger partial charge in [0.1, 0.15) is 0 Å². The molecule has 0 amide bonds. The molecule has 0 N–H and O–H groups in total. The molecule has 0 spiro atoms. The number of fused-ring (bicyclic) bond motifs is 2. The summed E-state index contributed by atoms with van der Waals surface area (Å²) in [5.41, 5.74) is 2.43. The van der Waals surface area contributed by atoms with Crippen LogP contribution >= 0.6 is 0 Å². The van der Waals surface area contributed by atoms with Gasteiger partial charge in [-0.3, -0.25) is 0 Å². The van der Waals surface area contributed by atoms with E-state index < -0.39 is 13.6 Å². The van der Waals surface area contributed by atoms with Gasteiger partial charge in [0.2, 0.25) is 0 Å². The predicted molar refractivity (Wildman–Crippen MR) is 78.8 cm³/mol. The summed E-state index contributed by atoms with van der Waals surface area (Å²) in [6.45, 7) is 3.95. The van der Waals surface area contributed by atoms with Crippen molar-refractivity contribution >= 4 is 22.3 Å². The van der Waals surface area contributed by atoms with Gasteiger partial charge in [-0.1, -0.05) is 0 Å². The fourth-order valence-corrected chi connectivity index (χ4v) is 9.35. The Balaban J connectivity index is 2.27. The van der Waals surface area contributed by atoms with Crippen molar-refractivity contribution in [3.05, 3.63) is 61.2 Å². The topological polar surface area (TPSA) is 9.23 Å². The summed E-state index contributed by atoms with van der Waals surface area (Å²) in [6, 6.07) is 16.9. The molecule has 2 heteroatoms. The third-order valence-corrected chi connectivity index (χ3v) is 11.6. The van der Waals surface area contributed by atoms with Crippen molar-refractivity contribution < 1.29 is 4.74 Å². The van der Waals surface area contributed by atoms with E-state index in [1.165, 1.54) is 8.70 Å². The van der Waals surface area contributed by atoms with E-state index in [4.69, 9.17) is 4.74 Å². The van der Waals surface area contributed by atoms with Gasteiger partial charge in [-0.2, -0.15) is 0 Å². The van der Waals surface area contributed by atoms with Gasteiger partial charge in [-0.25, -0.2) is 0 Å². The Morgan fingerprint density at radius 2 is 1.50 bits per heavy atom. The molecule has 0 aliphatic carbocycles. The van der Waals surface area contributed by atoms with Gasteiger partial charge in [0.05, 0.1) is 0 Å². The predicted octanol–water partition coefficient (Wildman–Crippen LogP) is 3.17. The molecule has 1 aliphatic rings. The molecule has 3 rings (SSSR count). The van der Waals surface area contributed by atoms with Crippen LogP contribution in [0.1, 0.15) is 0 Å². The average Bonchev–Trinajstić information content (AvgIpc) is 2.40. The summed E-state index contributed by atoms with van der Waals surface area (Å²) in [4.78, 5) is 0. The Bertz CT molecular complexity index is 558. The minimum atomic E-state index is -2.12. The van der Waals surface area contributed by atoms with E-state index in [1.54, 1.807) is 0 Å². The van der Waals surface area contributed by atoms with E-state index in [1.807, 2.05) is 12.1 Å². The zero-order valence-corrected chi connectivity index (χ0v) is 12.3. The first kappa shape index (κ1) is 11.6. The average molecular weight is 299 g/mol. The first-order valence-electron chi connectivity index (χ1n) is 6.09. The molecule has 1 radical (unpaired) electrons. The van der Waals surface area contributed by atoms with Crippen LogP contribution in [-0.2, 0) is 0 Å². The quantitative estimate of drug-likeness (QED) is 0.611. The van der Waals surface area contributed by atoms with Crippen molar-refractivity contribution in [1.29, 1.82) is 0 Å². The van der Waals surface area contributed by atoms with Gasteiger partial charge in [0, 0.05) is 0 Å². The Kier molecular flexibility index (Phi) is 2.80. The van der Waals surface area contributed by atoms with Gasteiger partial charge >= 0.3 is 111 Å². The maximum atomic E-state index is 6.03. The van der Waals surface area contributed by atoms with Crippen LogP contribution in [0.5, 0.6) is 11.5 Å². The number of allylic oxidation sites excluding steroid dienone is 1. The van der Waals surface area contributed by atoms with Crippen LogP contribution in [0.3, 0.4) is 0 Å². The van der Waals surface area contributed by atoms with E-state index in [2.05, 4.69) is 54.8 Å². The molecule has 0 unspecified atom stereocenters. The number of benzene rings is 2. The first-order chi connectivity index (χ1) is 8.75. The van der Waals surface area contributed by atoms with E-state index in [-0.39, 0.29) is 0 Å². The van der Waals surface area contributed by atoms with Gasteiger partial charge in [0.15, 0.2) is 0 Å². The van der Waals surface area contributed by atoms with Crippen LogP contribution in [0.4, 0.5) is 0 Å². The summed E-state index contributed by atoms with van der Waals surface area (Å²) < 4.78 is 8.85. The van der Waals surface area contributed by atoms with Crippen LogP contribution in [0.2, 0.25) is 10.9 Å². The molecule has 0 saturated heterocycles. The van der Waals surface area contributed by atoms with Gasteiger partial charge < -0.3 is 0 Å². The van der Waals surface area contributed by atoms with Gasteiger partial charge in [-0.15, -0.1) is 0 Å². The Morgan fingerprint density at radius 1 is 1.00 bits per heavy atom. The molecular formula is C16H16AsO. The van der Waals surface area contributed by atoms with Crippen LogP contribution in [0.25, 0.3) is 0 Å².